The zero-order valence-corrected chi connectivity index (χ0v) is 13.5. The summed E-state index contributed by atoms with van der Waals surface area (Å²) >= 11 is 0. The standard InChI is InChI=1S/C17H18N4O4/c22-13-5-4-12(15(23)20-13)21-16(24)11-3-1-2-9(14(11)17(21)25)6-19-10-7-18-8-10/h1-3,10,12,18-19H,4-8H2,(H,20,22,23). The van der Waals surface area contributed by atoms with Crippen LogP contribution in [-0.2, 0) is 16.1 Å². The van der Waals surface area contributed by atoms with Crippen LogP contribution in [0.1, 0.15) is 39.1 Å². The topological polar surface area (TPSA) is 108 Å². The highest BCUT2D eigenvalue weighted by molar-refractivity contribution is 6.24. The molecule has 3 heterocycles. The van der Waals surface area contributed by atoms with Crippen LogP contribution in [0.15, 0.2) is 18.2 Å². The molecule has 25 heavy (non-hydrogen) atoms. The van der Waals surface area contributed by atoms with Crippen LogP contribution in [0, 0.1) is 0 Å². The van der Waals surface area contributed by atoms with Crippen molar-refractivity contribution in [1.82, 2.24) is 20.9 Å². The van der Waals surface area contributed by atoms with Crippen LogP contribution in [0.3, 0.4) is 0 Å². The zero-order chi connectivity index (χ0) is 17.6. The number of nitrogens with zero attached hydrogens (tertiary/aromatic N) is 1. The molecule has 3 N–H and O–H groups in total. The molecule has 2 saturated heterocycles. The van der Waals surface area contributed by atoms with E-state index in [1.165, 1.54) is 0 Å². The van der Waals surface area contributed by atoms with Gasteiger partial charge in [-0.2, -0.15) is 0 Å². The number of piperidine rings is 1. The zero-order valence-electron chi connectivity index (χ0n) is 13.5. The maximum atomic E-state index is 12.9. The lowest BCUT2D eigenvalue weighted by molar-refractivity contribution is -0.136. The molecule has 1 aromatic rings. The number of benzene rings is 1. The fourth-order valence-corrected chi connectivity index (χ4v) is 3.42. The molecule has 3 aliphatic heterocycles. The quantitative estimate of drug-likeness (QED) is 0.615. The Morgan fingerprint density at radius 3 is 2.60 bits per heavy atom. The number of hydrogen-bond acceptors (Lipinski definition) is 6. The van der Waals surface area contributed by atoms with Crippen LogP contribution in [0.2, 0.25) is 0 Å². The lowest BCUT2D eigenvalue weighted by Crippen LogP contribution is -2.55. The van der Waals surface area contributed by atoms with E-state index in [2.05, 4.69) is 16.0 Å². The van der Waals surface area contributed by atoms with Crippen molar-refractivity contribution in [3.05, 3.63) is 34.9 Å². The predicted molar refractivity (Wildman–Crippen MR) is 86.6 cm³/mol. The number of rotatable bonds is 4. The first-order chi connectivity index (χ1) is 12.1. The Balaban J connectivity index is 1.60. The lowest BCUT2D eigenvalue weighted by Gasteiger charge is -2.28. The SMILES string of the molecule is O=C1CCC(N2C(=O)c3cccc(CNC4CNC4)c3C2=O)C(=O)N1. The van der Waals surface area contributed by atoms with Crippen LogP contribution in [0.5, 0.6) is 0 Å². The second kappa shape index (κ2) is 6.05. The molecule has 4 rings (SSSR count). The number of amides is 4. The summed E-state index contributed by atoms with van der Waals surface area (Å²) in [5.41, 5.74) is 1.43. The van der Waals surface area contributed by atoms with Gasteiger partial charge >= 0.3 is 0 Å². The molecule has 2 fully saturated rings. The van der Waals surface area contributed by atoms with Crippen molar-refractivity contribution in [3.8, 4) is 0 Å². The molecule has 0 aliphatic carbocycles. The maximum absolute atomic E-state index is 12.9. The minimum Gasteiger partial charge on any atom is -0.314 e. The average molecular weight is 342 g/mol. The molecule has 0 bridgehead atoms. The van der Waals surface area contributed by atoms with E-state index in [4.69, 9.17) is 0 Å². The van der Waals surface area contributed by atoms with Crippen LogP contribution in [-0.4, -0.2) is 53.7 Å². The Kier molecular flexibility index (Phi) is 3.85. The molecular weight excluding hydrogens is 324 g/mol. The summed E-state index contributed by atoms with van der Waals surface area (Å²) in [5, 5.41) is 8.70. The molecular formula is C17H18N4O4. The van der Waals surface area contributed by atoms with Crippen molar-refractivity contribution in [2.45, 2.75) is 31.5 Å². The molecule has 1 aromatic carbocycles. The van der Waals surface area contributed by atoms with Crippen molar-refractivity contribution < 1.29 is 19.2 Å². The van der Waals surface area contributed by atoms with Gasteiger partial charge in [-0.3, -0.25) is 29.4 Å². The van der Waals surface area contributed by atoms with Crippen molar-refractivity contribution in [1.29, 1.82) is 0 Å². The highest BCUT2D eigenvalue weighted by Crippen LogP contribution is 2.29. The predicted octanol–water partition coefficient (Wildman–Crippen LogP) is -0.851. The Bertz CT molecular complexity index is 787. The molecule has 8 nitrogen and oxygen atoms in total. The smallest absolute Gasteiger partial charge is 0.262 e. The van der Waals surface area contributed by atoms with Crippen LogP contribution in [0.25, 0.3) is 0 Å². The monoisotopic (exact) mass is 342 g/mol. The molecule has 8 heteroatoms. The Morgan fingerprint density at radius 1 is 1.12 bits per heavy atom. The average Bonchev–Trinajstić information content (AvgIpc) is 2.79. The van der Waals surface area contributed by atoms with Gasteiger partial charge < -0.3 is 10.6 Å². The summed E-state index contributed by atoms with van der Waals surface area (Å²) in [4.78, 5) is 50.0. The summed E-state index contributed by atoms with van der Waals surface area (Å²) in [6, 6.07) is 4.59. The Morgan fingerprint density at radius 2 is 1.92 bits per heavy atom. The van der Waals surface area contributed by atoms with E-state index in [1.54, 1.807) is 12.1 Å². The Labute approximate surface area is 143 Å². The fraction of sp³-hybridized carbons (Fsp3) is 0.412. The summed E-state index contributed by atoms with van der Waals surface area (Å²) in [6.45, 7) is 2.24. The first-order valence-corrected chi connectivity index (χ1v) is 8.34. The van der Waals surface area contributed by atoms with Gasteiger partial charge in [-0.25, -0.2) is 0 Å². The summed E-state index contributed by atoms with van der Waals surface area (Å²) < 4.78 is 0. The molecule has 0 aromatic heterocycles. The van der Waals surface area contributed by atoms with Crippen molar-refractivity contribution in [2.24, 2.45) is 0 Å². The molecule has 1 atom stereocenters. The summed E-state index contributed by atoms with van der Waals surface area (Å²) in [7, 11) is 0. The second-order valence-corrected chi connectivity index (χ2v) is 6.52. The molecule has 0 saturated carbocycles. The second-order valence-electron chi connectivity index (χ2n) is 6.52. The third-order valence-electron chi connectivity index (χ3n) is 4.92. The number of fused-ring (bicyclic) bond motifs is 1. The Hall–Kier alpha value is -2.58. The molecule has 4 amide bonds. The normalized spacial score (nSPS) is 23.5. The van der Waals surface area contributed by atoms with E-state index in [-0.39, 0.29) is 18.7 Å². The minimum absolute atomic E-state index is 0.118. The number of carbonyl (C=O) groups excluding carboxylic acids is 4. The third kappa shape index (κ3) is 2.63. The third-order valence-corrected chi connectivity index (χ3v) is 4.92. The first kappa shape index (κ1) is 15.9. The molecule has 0 radical (unpaired) electrons. The van der Waals surface area contributed by atoms with E-state index >= 15 is 0 Å². The van der Waals surface area contributed by atoms with Gasteiger partial charge in [0.05, 0.1) is 11.1 Å². The summed E-state index contributed by atoms with van der Waals surface area (Å²) in [6.07, 6.45) is 0.282. The lowest BCUT2D eigenvalue weighted by atomic mass is 10.0. The summed E-state index contributed by atoms with van der Waals surface area (Å²) in [5.74, 6) is -1.90. The largest absolute Gasteiger partial charge is 0.314 e. The van der Waals surface area contributed by atoms with E-state index in [9.17, 15) is 19.2 Å². The fourth-order valence-electron chi connectivity index (χ4n) is 3.42. The van der Waals surface area contributed by atoms with E-state index in [1.807, 2.05) is 6.07 Å². The number of carbonyl (C=O) groups is 4. The maximum Gasteiger partial charge on any atom is 0.262 e. The van der Waals surface area contributed by atoms with Gasteiger partial charge in [0.15, 0.2) is 0 Å². The molecule has 3 aliphatic rings. The van der Waals surface area contributed by atoms with Gasteiger partial charge in [-0.15, -0.1) is 0 Å². The van der Waals surface area contributed by atoms with Crippen molar-refractivity contribution >= 4 is 23.6 Å². The van der Waals surface area contributed by atoms with Crippen LogP contribution >= 0.6 is 0 Å². The number of imide groups is 2. The van der Waals surface area contributed by atoms with Gasteiger partial charge in [-0.1, -0.05) is 12.1 Å². The number of nitrogens with one attached hydrogen (secondary N) is 3. The molecule has 1 unspecified atom stereocenters. The van der Waals surface area contributed by atoms with E-state index in [0.717, 1.165) is 23.6 Å². The first-order valence-electron chi connectivity index (χ1n) is 8.34. The van der Waals surface area contributed by atoms with Gasteiger partial charge in [0.25, 0.3) is 11.8 Å². The highest BCUT2D eigenvalue weighted by Gasteiger charge is 2.45. The molecule has 130 valence electrons. The van der Waals surface area contributed by atoms with Gasteiger partial charge in [-0.05, 0) is 18.1 Å². The van der Waals surface area contributed by atoms with Gasteiger partial charge in [0.1, 0.15) is 6.04 Å². The van der Waals surface area contributed by atoms with Crippen molar-refractivity contribution in [3.63, 3.8) is 0 Å². The van der Waals surface area contributed by atoms with Crippen LogP contribution in [0.4, 0.5) is 0 Å². The van der Waals surface area contributed by atoms with Gasteiger partial charge in [0, 0.05) is 32.1 Å². The molecule has 0 spiro atoms. The van der Waals surface area contributed by atoms with E-state index < -0.39 is 23.8 Å². The van der Waals surface area contributed by atoms with E-state index in [0.29, 0.717) is 23.7 Å². The highest BCUT2D eigenvalue weighted by atomic mass is 16.2. The van der Waals surface area contributed by atoms with Crippen LogP contribution < -0.4 is 16.0 Å². The van der Waals surface area contributed by atoms with Gasteiger partial charge in [0.2, 0.25) is 11.8 Å². The van der Waals surface area contributed by atoms with Crippen molar-refractivity contribution in [2.75, 3.05) is 13.1 Å². The minimum atomic E-state index is -0.929. The number of hydrogen-bond donors (Lipinski definition) is 3.